The van der Waals surface area contributed by atoms with E-state index in [2.05, 4.69) is 5.32 Å². The van der Waals surface area contributed by atoms with E-state index < -0.39 is 23.3 Å². The van der Waals surface area contributed by atoms with Gasteiger partial charge in [0.15, 0.2) is 17.7 Å². The van der Waals surface area contributed by atoms with Crippen LogP contribution in [0.1, 0.15) is 72.3 Å². The molecule has 0 radical (unpaired) electrons. The maximum absolute atomic E-state index is 15.5. The average molecular weight is 455 g/mol. The van der Waals surface area contributed by atoms with Crippen molar-refractivity contribution in [3.05, 3.63) is 17.4 Å². The molecule has 2 amide bonds. The fraction of sp³-hybridized carbons (Fsp3) is 0.667. The van der Waals surface area contributed by atoms with Crippen LogP contribution in [-0.2, 0) is 9.59 Å². The Kier molecular flexibility index (Phi) is 6.30. The molecule has 1 unspecified atom stereocenters. The van der Waals surface area contributed by atoms with Gasteiger partial charge in [0.05, 0.1) is 11.4 Å². The molecule has 0 spiro atoms. The summed E-state index contributed by atoms with van der Waals surface area (Å²) in [6.45, 7) is 11.0. The zero-order valence-corrected chi connectivity index (χ0v) is 19.7. The van der Waals surface area contributed by atoms with E-state index in [1.807, 2.05) is 27.7 Å². The second-order valence-corrected chi connectivity index (χ2v) is 10.9. The number of alkyl halides is 2. The maximum Gasteiger partial charge on any atom is 0.267 e. The van der Waals surface area contributed by atoms with Crippen LogP contribution < -0.4 is 15.0 Å². The van der Waals surface area contributed by atoms with Crippen molar-refractivity contribution in [1.29, 1.82) is 0 Å². The van der Waals surface area contributed by atoms with Gasteiger partial charge in [-0.2, -0.15) is 0 Å². The minimum atomic E-state index is -2.68. The third-order valence-corrected chi connectivity index (χ3v) is 6.28. The summed E-state index contributed by atoms with van der Waals surface area (Å²) in [7, 11) is 0. The molecule has 1 aromatic carbocycles. The van der Waals surface area contributed by atoms with Crippen molar-refractivity contribution in [2.75, 3.05) is 16.8 Å². The molecular weight excluding hydrogens is 421 g/mol. The molecule has 0 aromatic heterocycles. The van der Waals surface area contributed by atoms with E-state index in [1.54, 1.807) is 13.0 Å². The quantitative estimate of drug-likeness (QED) is 0.622. The molecule has 1 atom stereocenters. The van der Waals surface area contributed by atoms with Crippen molar-refractivity contribution >= 4 is 23.2 Å². The highest BCUT2D eigenvalue weighted by Crippen LogP contribution is 2.47. The normalized spacial score (nSPS) is 22.2. The van der Waals surface area contributed by atoms with Gasteiger partial charge >= 0.3 is 0 Å². The Morgan fingerprint density at radius 3 is 2.41 bits per heavy atom. The number of nitrogens with zero attached hydrogens (tertiary/aromatic N) is 1. The molecule has 8 heteroatoms. The van der Waals surface area contributed by atoms with E-state index in [-0.39, 0.29) is 73.0 Å². The molecule has 3 rings (SSSR count). The van der Waals surface area contributed by atoms with Gasteiger partial charge in [-0.25, -0.2) is 13.2 Å². The highest BCUT2D eigenvalue weighted by Gasteiger charge is 2.44. The van der Waals surface area contributed by atoms with Crippen molar-refractivity contribution in [1.82, 2.24) is 0 Å². The predicted molar refractivity (Wildman–Crippen MR) is 118 cm³/mol. The summed E-state index contributed by atoms with van der Waals surface area (Å²) in [5.74, 6) is -4.15. The Morgan fingerprint density at radius 1 is 1.25 bits per heavy atom. The lowest BCUT2D eigenvalue weighted by molar-refractivity contribution is -0.126. The SMILES string of the molecule is Cc1cc2c(c(F)c1NC(=O)CC(C)(C)C)OC(C)C(=O)N2CC1(C)CCC(F)(F)CC1. The Labute approximate surface area is 187 Å². The van der Waals surface area contributed by atoms with Gasteiger partial charge < -0.3 is 15.0 Å². The summed E-state index contributed by atoms with van der Waals surface area (Å²) in [5.41, 5.74) is -0.00278. The summed E-state index contributed by atoms with van der Waals surface area (Å²) in [6, 6.07) is 1.62. The molecule has 1 fully saturated rings. The minimum Gasteiger partial charge on any atom is -0.476 e. The standard InChI is InChI=1S/C24H33F3N2O3/c1-14-11-16-20(18(25)19(14)28-17(30)12-22(3,4)5)32-15(2)21(31)29(16)13-23(6)7-9-24(26,27)10-8-23/h11,15H,7-10,12-13H2,1-6H3,(H,28,30). The Hall–Kier alpha value is -2.25. The summed E-state index contributed by atoms with van der Waals surface area (Å²) >= 11 is 0. The third kappa shape index (κ3) is 5.21. The molecule has 1 aromatic rings. The topological polar surface area (TPSA) is 58.6 Å². The number of rotatable bonds is 4. The van der Waals surface area contributed by atoms with Gasteiger partial charge in [0.2, 0.25) is 11.8 Å². The van der Waals surface area contributed by atoms with Crippen LogP contribution in [0.15, 0.2) is 6.07 Å². The summed E-state index contributed by atoms with van der Waals surface area (Å²) in [4.78, 5) is 26.8. The maximum atomic E-state index is 15.5. The van der Waals surface area contributed by atoms with Crippen LogP contribution in [0.4, 0.5) is 24.5 Å². The Balaban J connectivity index is 1.92. The van der Waals surface area contributed by atoms with E-state index in [0.717, 1.165) is 0 Å². The molecular formula is C24H33F3N2O3. The summed E-state index contributed by atoms with van der Waals surface area (Å²) in [5, 5.41) is 2.64. The largest absolute Gasteiger partial charge is 0.476 e. The number of benzene rings is 1. The van der Waals surface area contributed by atoms with Gasteiger partial charge in [0.1, 0.15) is 0 Å². The molecule has 0 saturated heterocycles. The first-order chi connectivity index (χ1) is 14.6. The van der Waals surface area contributed by atoms with E-state index >= 15 is 4.39 Å². The molecule has 0 bridgehead atoms. The lowest BCUT2D eigenvalue weighted by Crippen LogP contribution is -2.50. The van der Waals surface area contributed by atoms with Crippen LogP contribution in [0.3, 0.4) is 0 Å². The number of nitrogens with one attached hydrogen (secondary N) is 1. The summed E-state index contributed by atoms with van der Waals surface area (Å²) in [6.07, 6.45) is -0.611. The fourth-order valence-electron chi connectivity index (χ4n) is 4.36. The molecule has 1 saturated carbocycles. The second kappa shape index (κ2) is 8.27. The molecule has 5 nitrogen and oxygen atoms in total. The van der Waals surface area contributed by atoms with E-state index in [9.17, 15) is 18.4 Å². The second-order valence-electron chi connectivity index (χ2n) is 10.9. The lowest BCUT2D eigenvalue weighted by atomic mass is 9.73. The van der Waals surface area contributed by atoms with Crippen LogP contribution in [0.5, 0.6) is 5.75 Å². The van der Waals surface area contributed by atoms with Crippen molar-refractivity contribution in [3.8, 4) is 5.75 Å². The Morgan fingerprint density at radius 2 is 1.84 bits per heavy atom. The van der Waals surface area contributed by atoms with Crippen molar-refractivity contribution in [2.45, 2.75) is 85.7 Å². The average Bonchev–Trinajstić information content (AvgIpc) is 2.65. The van der Waals surface area contributed by atoms with Gasteiger partial charge in [0.25, 0.3) is 5.91 Å². The van der Waals surface area contributed by atoms with Crippen LogP contribution in [0.2, 0.25) is 0 Å². The first-order valence-electron chi connectivity index (χ1n) is 11.1. The van der Waals surface area contributed by atoms with Crippen LogP contribution >= 0.6 is 0 Å². The Bertz CT molecular complexity index is 914. The molecule has 32 heavy (non-hydrogen) atoms. The van der Waals surface area contributed by atoms with Gasteiger partial charge in [-0.05, 0) is 49.1 Å². The highest BCUT2D eigenvalue weighted by atomic mass is 19.3. The number of carbonyl (C=O) groups is 2. The van der Waals surface area contributed by atoms with Crippen molar-refractivity contribution in [2.24, 2.45) is 10.8 Å². The smallest absolute Gasteiger partial charge is 0.267 e. The number of hydrogen-bond donors (Lipinski definition) is 1. The van der Waals surface area contributed by atoms with E-state index in [0.29, 0.717) is 5.56 Å². The summed E-state index contributed by atoms with van der Waals surface area (Å²) < 4.78 is 48.4. The van der Waals surface area contributed by atoms with Crippen LogP contribution in [-0.4, -0.2) is 30.4 Å². The number of hydrogen-bond acceptors (Lipinski definition) is 3. The molecule has 1 N–H and O–H groups in total. The molecule has 1 heterocycles. The number of ether oxygens (including phenoxy) is 1. The van der Waals surface area contributed by atoms with Crippen molar-refractivity contribution < 1.29 is 27.5 Å². The lowest BCUT2D eigenvalue weighted by Gasteiger charge is -2.43. The van der Waals surface area contributed by atoms with Gasteiger partial charge in [-0.1, -0.05) is 27.7 Å². The molecule has 178 valence electrons. The van der Waals surface area contributed by atoms with Crippen molar-refractivity contribution in [3.63, 3.8) is 0 Å². The predicted octanol–water partition coefficient (Wildman–Crippen LogP) is 5.84. The fourth-order valence-corrected chi connectivity index (χ4v) is 4.36. The minimum absolute atomic E-state index is 0.0306. The molecule has 1 aliphatic carbocycles. The van der Waals surface area contributed by atoms with E-state index in [4.69, 9.17) is 4.74 Å². The number of anilines is 2. The van der Waals surface area contributed by atoms with Gasteiger partial charge in [0, 0.05) is 25.8 Å². The number of amides is 2. The zero-order valence-electron chi connectivity index (χ0n) is 19.7. The first-order valence-corrected chi connectivity index (χ1v) is 11.1. The monoisotopic (exact) mass is 454 g/mol. The molecule has 2 aliphatic rings. The zero-order chi connectivity index (χ0) is 24.1. The van der Waals surface area contributed by atoms with E-state index in [1.165, 1.54) is 11.8 Å². The molecule has 1 aliphatic heterocycles. The van der Waals surface area contributed by atoms with Gasteiger partial charge in [-0.3, -0.25) is 9.59 Å². The number of halogens is 3. The number of carbonyl (C=O) groups excluding carboxylic acids is 2. The number of aryl methyl sites for hydroxylation is 1. The third-order valence-electron chi connectivity index (χ3n) is 6.28. The van der Waals surface area contributed by atoms with Crippen LogP contribution in [0.25, 0.3) is 0 Å². The number of fused-ring (bicyclic) bond motifs is 1. The van der Waals surface area contributed by atoms with Crippen LogP contribution in [0, 0.1) is 23.6 Å². The first kappa shape index (κ1) is 24.4. The van der Waals surface area contributed by atoms with Gasteiger partial charge in [-0.15, -0.1) is 0 Å². The highest BCUT2D eigenvalue weighted by molar-refractivity contribution is 6.01.